The van der Waals surface area contributed by atoms with Gasteiger partial charge in [-0.2, -0.15) is 0 Å². The maximum Gasteiger partial charge on any atom is 0.226 e. The van der Waals surface area contributed by atoms with Crippen LogP contribution in [0.2, 0.25) is 0 Å². The van der Waals surface area contributed by atoms with Crippen LogP contribution in [0.3, 0.4) is 0 Å². The van der Waals surface area contributed by atoms with Gasteiger partial charge >= 0.3 is 0 Å². The standard InChI is InChI=1S/C19H20N2O2/c1-14(22)16-6-4-7-17(13-16)20-19(23)10-12-21-11-9-15-5-2-3-8-18(15)21/h2-8,13H,9-12H2,1H3,(H,20,23). The van der Waals surface area contributed by atoms with Crippen LogP contribution in [0.5, 0.6) is 0 Å². The largest absolute Gasteiger partial charge is 0.370 e. The minimum atomic E-state index is -0.0323. The molecule has 1 N–H and O–H groups in total. The van der Waals surface area contributed by atoms with Crippen LogP contribution in [0, 0.1) is 0 Å². The van der Waals surface area contributed by atoms with Gasteiger partial charge in [0.1, 0.15) is 0 Å². The van der Waals surface area contributed by atoms with Crippen molar-refractivity contribution in [2.24, 2.45) is 0 Å². The number of hydrogen-bond donors (Lipinski definition) is 1. The lowest BCUT2D eigenvalue weighted by Gasteiger charge is -2.19. The Morgan fingerprint density at radius 3 is 2.78 bits per heavy atom. The number of anilines is 2. The molecule has 4 nitrogen and oxygen atoms in total. The molecule has 0 spiro atoms. The molecule has 2 aromatic rings. The summed E-state index contributed by atoms with van der Waals surface area (Å²) in [7, 11) is 0. The van der Waals surface area contributed by atoms with Crippen molar-refractivity contribution >= 4 is 23.1 Å². The predicted octanol–water partition coefficient (Wildman–Crippen LogP) is 3.28. The Morgan fingerprint density at radius 1 is 1.13 bits per heavy atom. The van der Waals surface area contributed by atoms with Crippen LogP contribution in [0.25, 0.3) is 0 Å². The summed E-state index contributed by atoms with van der Waals surface area (Å²) in [5, 5.41) is 2.87. The van der Waals surface area contributed by atoms with E-state index < -0.39 is 0 Å². The summed E-state index contributed by atoms with van der Waals surface area (Å²) >= 11 is 0. The van der Waals surface area contributed by atoms with Gasteiger partial charge in [-0.1, -0.05) is 30.3 Å². The van der Waals surface area contributed by atoms with Crippen LogP contribution in [-0.4, -0.2) is 24.8 Å². The number of Topliss-reactive ketones (excluding diaryl/α,β-unsaturated/α-hetero) is 1. The highest BCUT2D eigenvalue weighted by atomic mass is 16.1. The van der Waals surface area contributed by atoms with Crippen LogP contribution < -0.4 is 10.2 Å². The van der Waals surface area contributed by atoms with E-state index in [2.05, 4.69) is 28.4 Å². The Balaban J connectivity index is 1.57. The third-order valence-corrected chi connectivity index (χ3v) is 4.15. The minimum Gasteiger partial charge on any atom is -0.370 e. The maximum atomic E-state index is 12.1. The first-order chi connectivity index (χ1) is 11.1. The molecule has 0 aromatic heterocycles. The average Bonchev–Trinajstić information content (AvgIpc) is 2.96. The maximum absolute atomic E-state index is 12.1. The summed E-state index contributed by atoms with van der Waals surface area (Å²) in [5.74, 6) is -0.0372. The molecule has 0 radical (unpaired) electrons. The van der Waals surface area contributed by atoms with Crippen molar-refractivity contribution in [3.8, 4) is 0 Å². The van der Waals surface area contributed by atoms with E-state index in [9.17, 15) is 9.59 Å². The van der Waals surface area contributed by atoms with Crippen LogP contribution >= 0.6 is 0 Å². The Hall–Kier alpha value is -2.62. The number of fused-ring (bicyclic) bond motifs is 1. The molecule has 4 heteroatoms. The molecule has 1 heterocycles. The summed E-state index contributed by atoms with van der Waals surface area (Å²) in [5.41, 5.74) is 3.86. The Labute approximate surface area is 136 Å². The van der Waals surface area contributed by atoms with Gasteiger partial charge in [0.05, 0.1) is 0 Å². The van der Waals surface area contributed by atoms with E-state index in [0.717, 1.165) is 13.0 Å². The molecule has 0 saturated carbocycles. The molecule has 0 unspecified atom stereocenters. The zero-order chi connectivity index (χ0) is 16.2. The van der Waals surface area contributed by atoms with E-state index in [4.69, 9.17) is 0 Å². The van der Waals surface area contributed by atoms with Crippen molar-refractivity contribution in [1.82, 2.24) is 0 Å². The fraction of sp³-hybridized carbons (Fsp3) is 0.263. The molecule has 2 aromatic carbocycles. The predicted molar refractivity (Wildman–Crippen MR) is 92.1 cm³/mol. The number of rotatable bonds is 5. The molecule has 1 amide bonds. The topological polar surface area (TPSA) is 49.4 Å². The van der Waals surface area contributed by atoms with Gasteiger partial charge < -0.3 is 10.2 Å². The van der Waals surface area contributed by atoms with E-state index in [1.807, 2.05) is 6.07 Å². The molecular weight excluding hydrogens is 288 g/mol. The third-order valence-electron chi connectivity index (χ3n) is 4.15. The summed E-state index contributed by atoms with van der Waals surface area (Å²) in [4.78, 5) is 25.8. The van der Waals surface area contributed by atoms with Gasteiger partial charge in [-0.25, -0.2) is 0 Å². The fourth-order valence-electron chi connectivity index (χ4n) is 2.91. The molecule has 0 saturated heterocycles. The first-order valence-corrected chi connectivity index (χ1v) is 7.87. The molecule has 118 valence electrons. The molecular formula is C19H20N2O2. The molecule has 23 heavy (non-hydrogen) atoms. The number of amides is 1. The van der Waals surface area contributed by atoms with Crippen LogP contribution in [0.4, 0.5) is 11.4 Å². The number of para-hydroxylation sites is 1. The lowest BCUT2D eigenvalue weighted by Crippen LogP contribution is -2.26. The average molecular weight is 308 g/mol. The minimum absolute atomic E-state index is 0.00484. The van der Waals surface area contributed by atoms with Gasteiger partial charge in [0.25, 0.3) is 0 Å². The highest BCUT2D eigenvalue weighted by Gasteiger charge is 2.18. The van der Waals surface area contributed by atoms with E-state index in [-0.39, 0.29) is 11.7 Å². The molecule has 0 bridgehead atoms. The number of hydrogen-bond acceptors (Lipinski definition) is 3. The Bertz CT molecular complexity index is 740. The summed E-state index contributed by atoms with van der Waals surface area (Å²) in [6.45, 7) is 3.19. The number of nitrogens with zero attached hydrogens (tertiary/aromatic N) is 1. The van der Waals surface area contributed by atoms with Crippen molar-refractivity contribution in [3.63, 3.8) is 0 Å². The number of nitrogens with one attached hydrogen (secondary N) is 1. The molecule has 3 rings (SSSR count). The smallest absolute Gasteiger partial charge is 0.226 e. The SMILES string of the molecule is CC(=O)c1cccc(NC(=O)CCN2CCc3ccccc32)c1. The van der Waals surface area contributed by atoms with Crippen LogP contribution in [0.15, 0.2) is 48.5 Å². The Morgan fingerprint density at radius 2 is 1.96 bits per heavy atom. The number of carbonyl (C=O) groups is 2. The zero-order valence-corrected chi connectivity index (χ0v) is 13.2. The second-order valence-corrected chi connectivity index (χ2v) is 5.80. The number of ketones is 1. The van der Waals surface area contributed by atoms with E-state index >= 15 is 0 Å². The Kier molecular flexibility index (Phi) is 4.42. The highest BCUT2D eigenvalue weighted by molar-refractivity contribution is 5.97. The first-order valence-electron chi connectivity index (χ1n) is 7.87. The quantitative estimate of drug-likeness (QED) is 0.862. The van der Waals surface area contributed by atoms with Gasteiger partial charge in [-0.15, -0.1) is 0 Å². The summed E-state index contributed by atoms with van der Waals surface area (Å²) in [6, 6.07) is 15.4. The van der Waals surface area contributed by atoms with Crippen molar-refractivity contribution in [2.75, 3.05) is 23.3 Å². The van der Waals surface area contributed by atoms with Crippen molar-refractivity contribution in [1.29, 1.82) is 0 Å². The normalized spacial score (nSPS) is 12.8. The van der Waals surface area contributed by atoms with Gasteiger partial charge in [-0.3, -0.25) is 9.59 Å². The second-order valence-electron chi connectivity index (χ2n) is 5.80. The lowest BCUT2D eigenvalue weighted by molar-refractivity contribution is -0.116. The van der Waals surface area contributed by atoms with Gasteiger partial charge in [-0.05, 0) is 37.1 Å². The lowest BCUT2D eigenvalue weighted by atomic mass is 10.1. The second kappa shape index (κ2) is 6.65. The van der Waals surface area contributed by atoms with Gasteiger partial charge in [0.15, 0.2) is 5.78 Å². The van der Waals surface area contributed by atoms with E-state index in [1.165, 1.54) is 18.2 Å². The number of benzene rings is 2. The summed E-state index contributed by atoms with van der Waals surface area (Å²) < 4.78 is 0. The molecule has 1 aliphatic rings. The molecule has 1 aliphatic heterocycles. The first kappa shape index (κ1) is 15.3. The molecule has 0 aliphatic carbocycles. The molecule has 0 atom stereocenters. The summed E-state index contributed by atoms with van der Waals surface area (Å²) in [6.07, 6.45) is 1.47. The van der Waals surface area contributed by atoms with Crippen LogP contribution in [-0.2, 0) is 11.2 Å². The van der Waals surface area contributed by atoms with Gasteiger partial charge in [0, 0.05) is 36.4 Å². The van der Waals surface area contributed by atoms with Crippen LogP contribution in [0.1, 0.15) is 29.3 Å². The van der Waals surface area contributed by atoms with Crippen molar-refractivity contribution in [3.05, 3.63) is 59.7 Å². The fourth-order valence-corrected chi connectivity index (χ4v) is 2.91. The molecule has 0 fully saturated rings. The highest BCUT2D eigenvalue weighted by Crippen LogP contribution is 2.27. The van der Waals surface area contributed by atoms with Crippen molar-refractivity contribution < 1.29 is 9.59 Å². The van der Waals surface area contributed by atoms with Gasteiger partial charge in [0.2, 0.25) is 5.91 Å². The van der Waals surface area contributed by atoms with E-state index in [1.54, 1.807) is 24.3 Å². The third kappa shape index (κ3) is 3.59. The number of carbonyl (C=O) groups excluding carboxylic acids is 2. The zero-order valence-electron chi connectivity index (χ0n) is 13.2. The van der Waals surface area contributed by atoms with E-state index in [0.29, 0.717) is 24.2 Å². The monoisotopic (exact) mass is 308 g/mol. The van der Waals surface area contributed by atoms with Crippen molar-refractivity contribution in [2.45, 2.75) is 19.8 Å².